The summed E-state index contributed by atoms with van der Waals surface area (Å²) in [5.74, 6) is 0. The summed E-state index contributed by atoms with van der Waals surface area (Å²) in [6.07, 6.45) is 4.74. The average Bonchev–Trinajstić information content (AvgIpc) is 3.27. The standard InChI is InChI=1S/C56H38/c1-3-17-41(18-4-1)55(45-29-27-39-15-7-9-21-43(39)35-45)37-47-31-33-53(51-25-13-11-23-49(47)51)54-34-32-48(50-24-12-14-26-52(50)54)38-56(42-19-5-2-6-20-42)46-30-28-40-16-8-10-22-44(40)36-46/h1-38H/b55-37+,56-38+. The first kappa shape index (κ1) is 33.3. The van der Waals surface area contributed by atoms with Gasteiger partial charge in [0.15, 0.2) is 0 Å². The maximum atomic E-state index is 2.37. The fourth-order valence-corrected chi connectivity index (χ4v) is 8.29. The Bertz CT molecular complexity index is 2900. The molecule has 0 radical (unpaired) electrons. The maximum Gasteiger partial charge on any atom is -0.00987 e. The molecule has 0 aromatic heterocycles. The summed E-state index contributed by atoms with van der Waals surface area (Å²) in [5, 5.41) is 9.92. The van der Waals surface area contributed by atoms with E-state index < -0.39 is 0 Å². The first-order valence-corrected chi connectivity index (χ1v) is 19.3. The van der Waals surface area contributed by atoms with Gasteiger partial charge in [-0.2, -0.15) is 0 Å². The van der Waals surface area contributed by atoms with Crippen molar-refractivity contribution in [1.29, 1.82) is 0 Å². The molecule has 0 aliphatic rings. The molecular weight excluding hydrogens is 673 g/mol. The van der Waals surface area contributed by atoms with Gasteiger partial charge in [-0.3, -0.25) is 0 Å². The molecule has 0 amide bonds. The van der Waals surface area contributed by atoms with Crippen LogP contribution in [0.25, 0.3) is 77.5 Å². The van der Waals surface area contributed by atoms with Crippen molar-refractivity contribution in [3.8, 4) is 11.1 Å². The van der Waals surface area contributed by atoms with E-state index in [0.717, 1.165) is 0 Å². The zero-order valence-electron chi connectivity index (χ0n) is 30.9. The van der Waals surface area contributed by atoms with E-state index in [-0.39, 0.29) is 0 Å². The topological polar surface area (TPSA) is 0 Å². The van der Waals surface area contributed by atoms with Gasteiger partial charge in [0, 0.05) is 0 Å². The number of fused-ring (bicyclic) bond motifs is 4. The van der Waals surface area contributed by atoms with Gasteiger partial charge in [-0.15, -0.1) is 0 Å². The van der Waals surface area contributed by atoms with E-state index in [1.54, 1.807) is 0 Å². The Balaban J connectivity index is 1.12. The fourth-order valence-electron chi connectivity index (χ4n) is 8.29. The fraction of sp³-hybridized carbons (Fsp3) is 0. The highest BCUT2D eigenvalue weighted by molar-refractivity contribution is 6.11. The van der Waals surface area contributed by atoms with E-state index in [2.05, 4.69) is 231 Å². The second-order valence-corrected chi connectivity index (χ2v) is 14.5. The minimum absolute atomic E-state index is 1.20. The van der Waals surface area contributed by atoms with Crippen LogP contribution in [0, 0.1) is 0 Å². The van der Waals surface area contributed by atoms with E-state index in [0.29, 0.717) is 0 Å². The molecule has 0 saturated carbocycles. The third kappa shape index (κ3) is 6.28. The molecule has 0 aliphatic heterocycles. The molecular formula is C56H38. The van der Waals surface area contributed by atoms with Crippen LogP contribution in [-0.4, -0.2) is 0 Å². The predicted octanol–water partition coefficient (Wildman–Crippen LogP) is 15.1. The van der Waals surface area contributed by atoms with Gasteiger partial charge >= 0.3 is 0 Å². The Morgan fingerprint density at radius 2 is 0.607 bits per heavy atom. The van der Waals surface area contributed by atoms with Gasteiger partial charge in [0.1, 0.15) is 0 Å². The van der Waals surface area contributed by atoms with Gasteiger partial charge in [0.25, 0.3) is 0 Å². The lowest BCUT2D eigenvalue weighted by Gasteiger charge is -2.16. The summed E-state index contributed by atoms with van der Waals surface area (Å²) >= 11 is 0. The molecule has 0 saturated heterocycles. The van der Waals surface area contributed by atoms with Crippen LogP contribution in [0.3, 0.4) is 0 Å². The van der Waals surface area contributed by atoms with Gasteiger partial charge in [0.2, 0.25) is 0 Å². The number of rotatable bonds is 7. The largest absolute Gasteiger partial charge is 0.0622 e. The summed E-state index contributed by atoms with van der Waals surface area (Å²) in [5.41, 5.74) is 12.1. The summed E-state index contributed by atoms with van der Waals surface area (Å²) in [4.78, 5) is 0. The molecule has 0 atom stereocenters. The molecule has 262 valence electrons. The van der Waals surface area contributed by atoms with Crippen LogP contribution in [0.2, 0.25) is 0 Å². The van der Waals surface area contributed by atoms with Gasteiger partial charge < -0.3 is 0 Å². The van der Waals surface area contributed by atoms with E-state index >= 15 is 0 Å². The van der Waals surface area contributed by atoms with Crippen molar-refractivity contribution in [2.45, 2.75) is 0 Å². The first-order valence-electron chi connectivity index (χ1n) is 19.3. The molecule has 0 heterocycles. The van der Waals surface area contributed by atoms with Gasteiger partial charge in [-0.05, 0) is 123 Å². The van der Waals surface area contributed by atoms with E-state index in [9.17, 15) is 0 Å². The van der Waals surface area contributed by atoms with Gasteiger partial charge in [0.05, 0.1) is 0 Å². The number of benzene rings is 10. The maximum absolute atomic E-state index is 2.37. The van der Waals surface area contributed by atoms with E-state index in [4.69, 9.17) is 0 Å². The average molecular weight is 711 g/mol. The van der Waals surface area contributed by atoms with Crippen molar-refractivity contribution in [2.75, 3.05) is 0 Å². The van der Waals surface area contributed by atoms with Crippen LogP contribution in [0.4, 0.5) is 0 Å². The highest BCUT2D eigenvalue weighted by Gasteiger charge is 2.15. The molecule has 0 aliphatic carbocycles. The van der Waals surface area contributed by atoms with Crippen LogP contribution in [-0.2, 0) is 0 Å². The summed E-state index contributed by atoms with van der Waals surface area (Å²) < 4.78 is 0. The minimum atomic E-state index is 1.20. The Kier molecular flexibility index (Phi) is 8.63. The molecule has 10 rings (SSSR count). The molecule has 0 heteroatoms. The highest BCUT2D eigenvalue weighted by atomic mass is 14.2. The number of hydrogen-bond donors (Lipinski definition) is 0. The first-order chi connectivity index (χ1) is 27.8. The highest BCUT2D eigenvalue weighted by Crippen LogP contribution is 2.40. The Hall–Kier alpha value is -7.28. The third-order valence-electron chi connectivity index (χ3n) is 11.1. The Morgan fingerprint density at radius 1 is 0.250 bits per heavy atom. The molecule has 56 heavy (non-hydrogen) atoms. The monoisotopic (exact) mass is 710 g/mol. The molecule has 0 N–H and O–H groups in total. The minimum Gasteiger partial charge on any atom is -0.0622 e. The molecule has 0 bridgehead atoms. The SMILES string of the molecule is C(=C(/c1ccccc1)c1ccc2ccccc2c1)/c1ccc(-c2ccc(/C=C(\c3ccccc3)c3ccc4ccccc4c3)c3ccccc23)c2ccccc12. The lowest BCUT2D eigenvalue weighted by Crippen LogP contribution is -1.92. The van der Waals surface area contributed by atoms with Crippen molar-refractivity contribution < 1.29 is 0 Å². The van der Waals surface area contributed by atoms with Crippen LogP contribution in [0.15, 0.2) is 218 Å². The van der Waals surface area contributed by atoms with Crippen molar-refractivity contribution >= 4 is 66.4 Å². The van der Waals surface area contributed by atoms with E-state index in [1.165, 1.54) is 98.7 Å². The summed E-state index contributed by atoms with van der Waals surface area (Å²) in [6.45, 7) is 0. The third-order valence-corrected chi connectivity index (χ3v) is 11.1. The zero-order chi connectivity index (χ0) is 37.3. The summed E-state index contributed by atoms with van der Waals surface area (Å²) in [6, 6.07) is 79.3. The van der Waals surface area contributed by atoms with Gasteiger partial charge in [-0.1, -0.05) is 206 Å². The number of hydrogen-bond acceptors (Lipinski definition) is 0. The van der Waals surface area contributed by atoms with Crippen LogP contribution < -0.4 is 0 Å². The molecule has 10 aromatic rings. The second kappa shape index (κ2) is 14.5. The molecule has 10 aromatic carbocycles. The van der Waals surface area contributed by atoms with Crippen molar-refractivity contribution in [3.05, 3.63) is 252 Å². The molecule has 0 fully saturated rings. The Morgan fingerprint density at radius 3 is 1.04 bits per heavy atom. The second-order valence-electron chi connectivity index (χ2n) is 14.5. The normalized spacial score (nSPS) is 12.1. The van der Waals surface area contributed by atoms with Crippen molar-refractivity contribution in [2.24, 2.45) is 0 Å². The van der Waals surface area contributed by atoms with Crippen LogP contribution >= 0.6 is 0 Å². The van der Waals surface area contributed by atoms with Crippen molar-refractivity contribution in [1.82, 2.24) is 0 Å². The van der Waals surface area contributed by atoms with Gasteiger partial charge in [-0.25, -0.2) is 0 Å². The zero-order valence-corrected chi connectivity index (χ0v) is 30.9. The Labute approximate surface area is 328 Å². The van der Waals surface area contributed by atoms with Crippen LogP contribution in [0.1, 0.15) is 33.4 Å². The predicted molar refractivity (Wildman–Crippen MR) is 242 cm³/mol. The smallest absolute Gasteiger partial charge is 0.00987 e. The molecule has 0 spiro atoms. The summed E-state index contributed by atoms with van der Waals surface area (Å²) in [7, 11) is 0. The molecule has 0 nitrogen and oxygen atoms in total. The van der Waals surface area contributed by atoms with Crippen LogP contribution in [0.5, 0.6) is 0 Å². The lowest BCUT2D eigenvalue weighted by molar-refractivity contribution is 1.57. The lowest BCUT2D eigenvalue weighted by atomic mass is 9.88. The van der Waals surface area contributed by atoms with E-state index in [1.807, 2.05) is 0 Å². The quantitative estimate of drug-likeness (QED) is 0.144. The molecule has 0 unspecified atom stereocenters. The van der Waals surface area contributed by atoms with Crippen molar-refractivity contribution in [3.63, 3.8) is 0 Å².